The molecule has 0 bridgehead atoms. The third-order valence-electron chi connectivity index (χ3n) is 7.37. The third kappa shape index (κ3) is 5.48. The summed E-state index contributed by atoms with van der Waals surface area (Å²) in [4.78, 5) is 25.9. The zero-order valence-electron chi connectivity index (χ0n) is 23.7. The Labute approximate surface area is 234 Å². The monoisotopic (exact) mass is 540 g/mol. The molecule has 1 atom stereocenters. The minimum Gasteiger partial charge on any atom is -0.494 e. The van der Waals surface area contributed by atoms with Gasteiger partial charge in [0.15, 0.2) is 0 Å². The summed E-state index contributed by atoms with van der Waals surface area (Å²) >= 11 is 0. The molecule has 3 heterocycles. The van der Waals surface area contributed by atoms with Gasteiger partial charge in [0.25, 0.3) is 0 Å². The van der Waals surface area contributed by atoms with Gasteiger partial charge >= 0.3 is 0 Å². The first-order valence-corrected chi connectivity index (χ1v) is 13.4. The number of benzene rings is 2. The summed E-state index contributed by atoms with van der Waals surface area (Å²) < 4.78 is 7.79. The summed E-state index contributed by atoms with van der Waals surface area (Å²) in [7, 11) is 3.76. The van der Waals surface area contributed by atoms with Crippen LogP contribution in [0.5, 0.6) is 5.75 Å². The summed E-state index contributed by atoms with van der Waals surface area (Å²) in [5.74, 6) is 0.962. The van der Waals surface area contributed by atoms with Gasteiger partial charge in [-0.15, -0.1) is 0 Å². The lowest BCUT2D eigenvalue weighted by atomic mass is 10.1. The van der Waals surface area contributed by atoms with Gasteiger partial charge in [-0.1, -0.05) is 12.6 Å². The molecular formula is C30H36N8O2. The van der Waals surface area contributed by atoms with Gasteiger partial charge in [0, 0.05) is 54.8 Å². The Morgan fingerprint density at radius 3 is 2.70 bits per heavy atom. The first kappa shape index (κ1) is 27.1. The van der Waals surface area contributed by atoms with Crippen molar-refractivity contribution in [1.82, 2.24) is 24.6 Å². The van der Waals surface area contributed by atoms with E-state index in [0.29, 0.717) is 29.0 Å². The number of nitrogens with one attached hydrogen (secondary N) is 2. The highest BCUT2D eigenvalue weighted by Gasteiger charge is 2.24. The SMILES string of the molecule is C=CC(=O)Nc1cc(Nc2cc(-c3ccc4c(cnn4C(C)C)c3)ncn2)c(OC)cc1N1CCN(C)[C@@H](C)C1. The Morgan fingerprint density at radius 1 is 1.15 bits per heavy atom. The molecule has 1 amide bonds. The number of rotatable bonds is 8. The molecule has 2 N–H and O–H groups in total. The summed E-state index contributed by atoms with van der Waals surface area (Å²) in [6.45, 7) is 12.6. The van der Waals surface area contributed by atoms with Gasteiger partial charge in [-0.05, 0) is 52.1 Å². The highest BCUT2D eigenvalue weighted by atomic mass is 16.5. The van der Waals surface area contributed by atoms with E-state index in [2.05, 4.69) is 82.0 Å². The molecule has 10 heteroatoms. The maximum atomic E-state index is 12.4. The van der Waals surface area contributed by atoms with Gasteiger partial charge in [0.05, 0.1) is 41.6 Å². The van der Waals surface area contributed by atoms with Crippen molar-refractivity contribution in [3.63, 3.8) is 0 Å². The lowest BCUT2D eigenvalue weighted by Crippen LogP contribution is -2.50. The number of ether oxygens (including phenoxy) is 1. The second-order valence-corrected chi connectivity index (χ2v) is 10.4. The second kappa shape index (κ2) is 11.4. The van der Waals surface area contributed by atoms with E-state index >= 15 is 0 Å². The van der Waals surface area contributed by atoms with Crippen LogP contribution in [0.2, 0.25) is 0 Å². The van der Waals surface area contributed by atoms with E-state index < -0.39 is 0 Å². The highest BCUT2D eigenvalue weighted by Crippen LogP contribution is 2.39. The van der Waals surface area contributed by atoms with Crippen LogP contribution in [0, 0.1) is 0 Å². The molecule has 208 valence electrons. The number of amides is 1. The molecule has 0 saturated carbocycles. The molecule has 0 unspecified atom stereocenters. The van der Waals surface area contributed by atoms with Crippen molar-refractivity contribution in [1.29, 1.82) is 0 Å². The number of hydrogen-bond donors (Lipinski definition) is 2. The number of likely N-dealkylation sites (N-methyl/N-ethyl adjacent to an activating group) is 1. The molecule has 5 rings (SSSR count). The summed E-state index contributed by atoms with van der Waals surface area (Å²) in [6.07, 6.45) is 4.68. The maximum absolute atomic E-state index is 12.4. The zero-order chi connectivity index (χ0) is 28.4. The lowest BCUT2D eigenvalue weighted by molar-refractivity contribution is -0.111. The lowest BCUT2D eigenvalue weighted by Gasteiger charge is -2.39. The van der Waals surface area contributed by atoms with E-state index in [9.17, 15) is 4.79 Å². The molecule has 0 aliphatic carbocycles. The van der Waals surface area contributed by atoms with Crippen LogP contribution in [0.1, 0.15) is 26.8 Å². The standard InChI is InChI=1S/C30H36N8O2/c1-7-30(39)35-24-13-25(28(40-6)15-27(24)37-11-10-36(5)20(4)17-37)34-29-14-23(31-18-32-29)21-8-9-26-22(12-21)16-33-38(26)19(2)3/h7-9,12-16,18-20H,1,10-11,17H2,2-6H3,(H,35,39)(H,31,32,34)/t20-/m0/s1. The van der Waals surface area contributed by atoms with Crippen molar-refractivity contribution >= 4 is 39.7 Å². The average Bonchev–Trinajstić information content (AvgIpc) is 3.39. The van der Waals surface area contributed by atoms with Crippen molar-refractivity contribution in [3.05, 3.63) is 61.6 Å². The van der Waals surface area contributed by atoms with Crippen molar-refractivity contribution in [2.24, 2.45) is 0 Å². The third-order valence-corrected chi connectivity index (χ3v) is 7.37. The number of hydrogen-bond acceptors (Lipinski definition) is 8. The molecule has 4 aromatic rings. The number of fused-ring (bicyclic) bond motifs is 1. The number of nitrogens with zero attached hydrogens (tertiary/aromatic N) is 6. The number of carbonyl (C=O) groups is 1. The van der Waals surface area contributed by atoms with Gasteiger partial charge in [-0.3, -0.25) is 9.48 Å². The topological polar surface area (TPSA) is 100 Å². The first-order chi connectivity index (χ1) is 19.3. The van der Waals surface area contributed by atoms with E-state index in [-0.39, 0.29) is 11.9 Å². The van der Waals surface area contributed by atoms with Crippen LogP contribution in [-0.4, -0.2) is 70.4 Å². The van der Waals surface area contributed by atoms with E-state index in [4.69, 9.17) is 4.74 Å². The molecule has 10 nitrogen and oxygen atoms in total. The van der Waals surface area contributed by atoms with Crippen LogP contribution in [0.4, 0.5) is 22.9 Å². The minimum atomic E-state index is -0.278. The molecular weight excluding hydrogens is 504 g/mol. The average molecular weight is 541 g/mol. The normalized spacial score (nSPS) is 15.8. The zero-order valence-corrected chi connectivity index (χ0v) is 23.7. The van der Waals surface area contributed by atoms with Gasteiger partial charge in [-0.2, -0.15) is 5.10 Å². The quantitative estimate of drug-likeness (QED) is 0.298. The van der Waals surface area contributed by atoms with Crippen LogP contribution in [0.15, 0.2) is 61.6 Å². The fraction of sp³-hybridized carbons (Fsp3) is 0.333. The molecule has 1 fully saturated rings. The van der Waals surface area contributed by atoms with E-state index in [0.717, 1.165) is 47.5 Å². The molecule has 1 saturated heterocycles. The predicted octanol–water partition coefficient (Wildman–Crippen LogP) is 5.09. The van der Waals surface area contributed by atoms with Crippen LogP contribution >= 0.6 is 0 Å². The molecule has 40 heavy (non-hydrogen) atoms. The Morgan fingerprint density at radius 2 is 1.98 bits per heavy atom. The molecule has 2 aromatic heterocycles. The van der Waals surface area contributed by atoms with Crippen molar-refractivity contribution in [2.75, 3.05) is 49.3 Å². The molecule has 1 aliphatic rings. The Kier molecular flexibility index (Phi) is 7.70. The smallest absolute Gasteiger partial charge is 0.247 e. The van der Waals surface area contributed by atoms with E-state index in [1.165, 1.54) is 12.4 Å². The summed E-state index contributed by atoms with van der Waals surface area (Å²) in [5, 5.41) is 11.9. The second-order valence-electron chi connectivity index (χ2n) is 10.4. The summed E-state index contributed by atoms with van der Waals surface area (Å²) in [6, 6.07) is 12.6. The maximum Gasteiger partial charge on any atom is 0.247 e. The number of anilines is 4. The Hall–Kier alpha value is -4.44. The molecule has 2 aromatic carbocycles. The van der Waals surface area contributed by atoms with Crippen LogP contribution in [0.3, 0.4) is 0 Å². The largest absolute Gasteiger partial charge is 0.494 e. The Balaban J connectivity index is 1.47. The highest BCUT2D eigenvalue weighted by molar-refractivity contribution is 6.02. The van der Waals surface area contributed by atoms with Gasteiger partial charge < -0.3 is 25.2 Å². The fourth-order valence-corrected chi connectivity index (χ4v) is 4.99. The number of aromatic nitrogens is 4. The first-order valence-electron chi connectivity index (χ1n) is 13.4. The Bertz CT molecular complexity index is 1550. The van der Waals surface area contributed by atoms with Gasteiger partial charge in [-0.25, -0.2) is 9.97 Å². The van der Waals surface area contributed by atoms with E-state index in [1.54, 1.807) is 7.11 Å². The number of piperazine rings is 1. The van der Waals surface area contributed by atoms with E-state index in [1.807, 2.05) is 35.1 Å². The van der Waals surface area contributed by atoms with Crippen LogP contribution in [-0.2, 0) is 4.79 Å². The van der Waals surface area contributed by atoms with Crippen molar-refractivity contribution in [2.45, 2.75) is 32.9 Å². The van der Waals surface area contributed by atoms with Crippen LogP contribution in [0.25, 0.3) is 22.2 Å². The molecule has 0 radical (unpaired) electrons. The van der Waals surface area contributed by atoms with Crippen molar-refractivity contribution < 1.29 is 9.53 Å². The fourth-order valence-electron chi connectivity index (χ4n) is 4.99. The van der Waals surface area contributed by atoms with Crippen LogP contribution < -0.4 is 20.3 Å². The number of carbonyl (C=O) groups excluding carboxylic acids is 1. The molecule has 1 aliphatic heterocycles. The van der Waals surface area contributed by atoms with Gasteiger partial charge in [0.1, 0.15) is 17.9 Å². The minimum absolute atomic E-state index is 0.278. The number of methoxy groups -OCH3 is 1. The van der Waals surface area contributed by atoms with Gasteiger partial charge in [0.2, 0.25) is 5.91 Å². The predicted molar refractivity (Wildman–Crippen MR) is 161 cm³/mol. The summed E-state index contributed by atoms with van der Waals surface area (Å²) in [5.41, 5.74) is 5.07. The molecule has 0 spiro atoms. The van der Waals surface area contributed by atoms with Crippen molar-refractivity contribution in [3.8, 4) is 17.0 Å².